The monoisotopic (exact) mass is 318 g/mol. The Morgan fingerprint density at radius 3 is 1.36 bits per heavy atom. The topological polar surface area (TPSA) is 29.5 Å². The molecule has 0 aliphatic heterocycles. The van der Waals surface area contributed by atoms with Crippen molar-refractivity contribution in [3.63, 3.8) is 0 Å². The summed E-state index contributed by atoms with van der Waals surface area (Å²) in [6.45, 7) is -3.19. The van der Waals surface area contributed by atoms with Gasteiger partial charge in [0.25, 0.3) is 0 Å². The maximum absolute atomic E-state index is 9.01. The van der Waals surface area contributed by atoms with Gasteiger partial charge in [0.15, 0.2) is 0 Å². The summed E-state index contributed by atoms with van der Waals surface area (Å²) in [7, 11) is 0. The van der Waals surface area contributed by atoms with Crippen LogP contribution in [0.2, 0.25) is 0 Å². The Hall–Kier alpha value is -0.0800. The van der Waals surface area contributed by atoms with Crippen molar-refractivity contribution in [1.82, 2.24) is 0 Å². The fraction of sp³-hybridized carbons (Fsp3) is 1.00. The van der Waals surface area contributed by atoms with E-state index < -0.39 is 13.1 Å². The molecular weight excluding hydrogens is 272 g/mol. The largest absolute Gasteiger partial charge is 0.394 e. The molecule has 0 unspecified atom stereocenters. The van der Waals surface area contributed by atoms with Crippen molar-refractivity contribution in [3.8, 4) is 0 Å². The zero-order chi connectivity index (χ0) is 19.7. The van der Waals surface area contributed by atoms with Crippen LogP contribution in [-0.2, 0) is 4.74 Å². The molecule has 0 radical (unpaired) electrons. The molecule has 0 spiro atoms. The van der Waals surface area contributed by atoms with Gasteiger partial charge in [-0.15, -0.1) is 0 Å². The summed E-state index contributed by atoms with van der Waals surface area (Å²) < 4.78 is 33.3. The maximum Gasteiger partial charge on any atom is 0.0697 e. The number of aliphatic hydroxyl groups is 1. The molecule has 2 heteroatoms. The van der Waals surface area contributed by atoms with Gasteiger partial charge < -0.3 is 9.84 Å². The van der Waals surface area contributed by atoms with Crippen molar-refractivity contribution in [2.45, 2.75) is 110 Å². The number of unbranched alkanes of at least 4 members (excludes halogenated alkanes) is 15. The molecule has 0 aliphatic carbocycles. The Morgan fingerprint density at radius 2 is 1.00 bits per heavy atom. The lowest BCUT2D eigenvalue weighted by atomic mass is 10.0. The Balaban J connectivity index is 3.21. The quantitative estimate of drug-likeness (QED) is 0.285. The smallest absolute Gasteiger partial charge is 0.0697 e. The second-order valence-corrected chi connectivity index (χ2v) is 6.37. The minimum Gasteiger partial charge on any atom is -0.394 e. The maximum atomic E-state index is 9.01. The molecule has 22 heavy (non-hydrogen) atoms. The highest BCUT2D eigenvalue weighted by atomic mass is 16.5. The van der Waals surface area contributed by atoms with Crippen molar-refractivity contribution < 1.29 is 15.3 Å². The van der Waals surface area contributed by atoms with Gasteiger partial charge in [-0.25, -0.2) is 0 Å². The molecule has 0 saturated carbocycles. The second kappa shape index (κ2) is 20.9. The average molecular weight is 319 g/mol. The molecule has 0 aromatic heterocycles. The zero-order valence-electron chi connectivity index (χ0n) is 18.9. The van der Waals surface area contributed by atoms with Crippen LogP contribution in [0.4, 0.5) is 0 Å². The van der Waals surface area contributed by atoms with Crippen LogP contribution in [0.15, 0.2) is 0 Å². The highest BCUT2D eigenvalue weighted by Gasteiger charge is 1.94. The van der Waals surface area contributed by atoms with Gasteiger partial charge in [0.1, 0.15) is 0 Å². The van der Waals surface area contributed by atoms with Gasteiger partial charge in [0.05, 0.1) is 18.6 Å². The number of rotatable bonds is 19. The number of hydrogen-bond donors (Lipinski definition) is 1. The number of ether oxygens (including phenoxy) is 1. The molecule has 0 heterocycles. The van der Waals surface area contributed by atoms with E-state index in [4.69, 9.17) is 15.3 Å². The summed E-state index contributed by atoms with van der Waals surface area (Å²) in [6.07, 6.45) is 20.4. The minimum absolute atomic E-state index is 0.144. The van der Waals surface area contributed by atoms with Gasteiger partial charge in [-0.1, -0.05) is 103 Å². The lowest BCUT2D eigenvalue weighted by Gasteiger charge is -2.04. The van der Waals surface area contributed by atoms with Gasteiger partial charge >= 0.3 is 0 Å². The van der Waals surface area contributed by atoms with E-state index in [2.05, 4.69) is 6.92 Å². The van der Waals surface area contributed by atoms with E-state index in [1.54, 1.807) is 0 Å². The minimum atomic E-state index is -2.96. The Morgan fingerprint density at radius 1 is 0.636 bits per heavy atom. The first-order chi connectivity index (χ1) is 12.3. The first-order valence-corrected chi connectivity index (χ1v) is 9.67. The first kappa shape index (κ1) is 15.4. The summed E-state index contributed by atoms with van der Waals surface area (Å²) in [5.41, 5.74) is 0. The Kier molecular flexibility index (Phi) is 14.7. The third kappa shape index (κ3) is 19.9. The van der Waals surface area contributed by atoms with Crippen LogP contribution in [0.3, 0.4) is 0 Å². The molecule has 0 aromatic rings. The molecule has 0 atom stereocenters. The number of hydrogen-bond acceptors (Lipinski definition) is 2. The first-order valence-electron chi connectivity index (χ1n) is 11.7. The fourth-order valence-corrected chi connectivity index (χ4v) is 2.81. The van der Waals surface area contributed by atoms with Crippen molar-refractivity contribution >= 4 is 0 Å². The van der Waals surface area contributed by atoms with Crippen LogP contribution >= 0.6 is 0 Å². The molecule has 0 aromatic carbocycles. The van der Waals surface area contributed by atoms with E-state index >= 15 is 0 Å². The molecule has 0 rings (SSSR count). The summed E-state index contributed by atoms with van der Waals surface area (Å²) >= 11 is 0. The highest BCUT2D eigenvalue weighted by molar-refractivity contribution is 4.49. The standard InChI is InChI=1S/C20H42O2/c1-2-3-4-5-6-7-8-9-10-11-12-13-14-15-16-17-19-22-20-18-21/h21H,2-20H2,1H3/i18D2,20D2. The Labute approximate surface area is 145 Å². The molecule has 0 bridgehead atoms. The third-order valence-electron chi connectivity index (χ3n) is 4.22. The van der Waals surface area contributed by atoms with E-state index in [1.165, 1.54) is 83.5 Å². The molecule has 0 saturated heterocycles. The van der Waals surface area contributed by atoms with Crippen LogP contribution in [0, 0.1) is 0 Å². The van der Waals surface area contributed by atoms with Crippen LogP contribution in [0.1, 0.15) is 115 Å². The lowest BCUT2D eigenvalue weighted by molar-refractivity contribution is 0.0895. The summed E-state index contributed by atoms with van der Waals surface area (Å²) in [4.78, 5) is 0. The molecule has 0 amide bonds. The van der Waals surface area contributed by atoms with E-state index in [9.17, 15) is 0 Å². The van der Waals surface area contributed by atoms with Crippen LogP contribution in [0.25, 0.3) is 0 Å². The van der Waals surface area contributed by atoms with E-state index in [1.807, 2.05) is 0 Å². The van der Waals surface area contributed by atoms with E-state index in [0.29, 0.717) is 6.42 Å². The fourth-order valence-electron chi connectivity index (χ4n) is 2.81. The molecule has 134 valence electrons. The molecular formula is C20H42O2. The zero-order valence-corrected chi connectivity index (χ0v) is 14.9. The average Bonchev–Trinajstić information content (AvgIpc) is 2.56. The summed E-state index contributed by atoms with van der Waals surface area (Å²) in [6, 6.07) is 0. The predicted octanol–water partition coefficient (Wildman–Crippen LogP) is 6.26. The molecule has 1 N–H and O–H groups in total. The van der Waals surface area contributed by atoms with Crippen LogP contribution in [-0.4, -0.2) is 24.8 Å². The van der Waals surface area contributed by atoms with Crippen molar-refractivity contribution in [2.24, 2.45) is 0 Å². The molecule has 0 aliphatic rings. The van der Waals surface area contributed by atoms with Gasteiger partial charge in [0, 0.05) is 6.61 Å². The predicted molar refractivity (Wildman–Crippen MR) is 97.5 cm³/mol. The summed E-state index contributed by atoms with van der Waals surface area (Å²) in [5.74, 6) is 0. The van der Waals surface area contributed by atoms with Gasteiger partial charge in [-0.05, 0) is 6.42 Å². The summed E-state index contributed by atoms with van der Waals surface area (Å²) in [5, 5.41) is 9.01. The van der Waals surface area contributed by atoms with Crippen LogP contribution < -0.4 is 0 Å². The molecule has 0 fully saturated rings. The third-order valence-corrected chi connectivity index (χ3v) is 4.22. The highest BCUT2D eigenvalue weighted by Crippen LogP contribution is 2.13. The van der Waals surface area contributed by atoms with Crippen molar-refractivity contribution in [2.75, 3.05) is 19.7 Å². The van der Waals surface area contributed by atoms with Gasteiger partial charge in [-0.3, -0.25) is 0 Å². The van der Waals surface area contributed by atoms with Crippen molar-refractivity contribution in [3.05, 3.63) is 0 Å². The van der Waals surface area contributed by atoms with Gasteiger partial charge in [-0.2, -0.15) is 0 Å². The Bertz CT molecular complexity index is 307. The normalized spacial score (nSPS) is 15.2. The van der Waals surface area contributed by atoms with Gasteiger partial charge in [0.2, 0.25) is 0 Å². The molecule has 2 nitrogen and oxygen atoms in total. The van der Waals surface area contributed by atoms with E-state index in [0.717, 1.165) is 12.8 Å². The lowest BCUT2D eigenvalue weighted by Crippen LogP contribution is -2.00. The van der Waals surface area contributed by atoms with Crippen molar-refractivity contribution in [1.29, 1.82) is 0 Å². The van der Waals surface area contributed by atoms with Crippen LogP contribution in [0.5, 0.6) is 0 Å². The van der Waals surface area contributed by atoms with E-state index in [-0.39, 0.29) is 6.61 Å². The SMILES string of the molecule is [2H]C([2H])(O)C([2H])([2H])OCCCCCCCCCCCCCCCCCC. The second-order valence-electron chi connectivity index (χ2n) is 6.37.